The van der Waals surface area contributed by atoms with Crippen LogP contribution >= 0.6 is 0 Å². The zero-order valence-corrected chi connectivity index (χ0v) is 9.22. The Bertz CT molecular complexity index is 447. The van der Waals surface area contributed by atoms with E-state index in [1.165, 1.54) is 0 Å². The minimum absolute atomic E-state index is 0.0138. The molecule has 2 heterocycles. The maximum absolute atomic E-state index is 6.18. The molecule has 2 atom stereocenters. The van der Waals surface area contributed by atoms with Crippen LogP contribution in [0.1, 0.15) is 32.1 Å². The number of hydrogen-bond donors (Lipinski definition) is 1. The van der Waals surface area contributed by atoms with E-state index in [4.69, 9.17) is 5.73 Å². The van der Waals surface area contributed by atoms with Gasteiger partial charge in [-0.3, -0.25) is 0 Å². The third kappa shape index (κ3) is 1.75. The lowest BCUT2D eigenvalue weighted by molar-refractivity contribution is 0.438. The van der Waals surface area contributed by atoms with Crippen LogP contribution in [0.3, 0.4) is 0 Å². The average molecular weight is 203 g/mol. The highest BCUT2D eigenvalue weighted by molar-refractivity contribution is 5.45. The number of rotatable bonds is 3. The van der Waals surface area contributed by atoms with Crippen molar-refractivity contribution in [2.75, 3.05) is 0 Å². The smallest absolute Gasteiger partial charge is 0.130 e. The molecule has 0 saturated carbocycles. The molecule has 80 valence electrons. The van der Waals surface area contributed by atoms with Gasteiger partial charge in [0.15, 0.2) is 0 Å². The molecule has 3 nitrogen and oxygen atoms in total. The van der Waals surface area contributed by atoms with E-state index >= 15 is 0 Å². The molecule has 2 aromatic rings. The van der Waals surface area contributed by atoms with Crippen molar-refractivity contribution in [3.63, 3.8) is 0 Å². The lowest BCUT2D eigenvalue weighted by atomic mass is 9.99. The molecule has 3 heteroatoms. The van der Waals surface area contributed by atoms with Gasteiger partial charge in [0, 0.05) is 6.20 Å². The Morgan fingerprint density at radius 3 is 3.00 bits per heavy atom. The van der Waals surface area contributed by atoms with Crippen LogP contribution in [0.2, 0.25) is 0 Å². The number of pyridine rings is 1. The maximum atomic E-state index is 6.18. The molecular weight excluding hydrogens is 186 g/mol. The van der Waals surface area contributed by atoms with Gasteiger partial charge in [0.05, 0.1) is 17.8 Å². The van der Waals surface area contributed by atoms with Gasteiger partial charge in [-0.25, -0.2) is 4.98 Å². The number of fused-ring (bicyclic) bond motifs is 1. The molecule has 0 fully saturated rings. The highest BCUT2D eigenvalue weighted by Gasteiger charge is 2.17. The Labute approximate surface area is 89.9 Å². The second-order valence-corrected chi connectivity index (χ2v) is 4.02. The number of nitrogens with two attached hydrogens (primary N) is 1. The van der Waals surface area contributed by atoms with Crippen molar-refractivity contribution < 1.29 is 0 Å². The summed E-state index contributed by atoms with van der Waals surface area (Å²) >= 11 is 0. The van der Waals surface area contributed by atoms with Crippen molar-refractivity contribution in [3.05, 3.63) is 36.4 Å². The predicted molar refractivity (Wildman–Crippen MR) is 61.6 cm³/mol. The highest BCUT2D eigenvalue weighted by Crippen LogP contribution is 2.21. The topological polar surface area (TPSA) is 43.3 Å². The van der Waals surface area contributed by atoms with Crippen LogP contribution in [0.15, 0.2) is 30.6 Å². The molecule has 2 N–H and O–H groups in total. The van der Waals surface area contributed by atoms with Crippen LogP contribution in [0.4, 0.5) is 0 Å². The van der Waals surface area contributed by atoms with Gasteiger partial charge in [-0.1, -0.05) is 26.3 Å². The molecule has 0 amide bonds. The summed E-state index contributed by atoms with van der Waals surface area (Å²) in [7, 11) is 0. The Balaban J connectivity index is 2.43. The molecule has 0 aliphatic carbocycles. The van der Waals surface area contributed by atoms with Crippen molar-refractivity contribution in [2.24, 2.45) is 11.7 Å². The van der Waals surface area contributed by atoms with Crippen LogP contribution in [0, 0.1) is 5.92 Å². The lowest BCUT2D eigenvalue weighted by Gasteiger charge is -2.16. The fraction of sp³-hybridized carbons (Fsp3) is 0.417. The molecule has 0 saturated heterocycles. The van der Waals surface area contributed by atoms with E-state index in [0.717, 1.165) is 17.8 Å². The van der Waals surface area contributed by atoms with Crippen LogP contribution in [0.5, 0.6) is 0 Å². The number of imidazole rings is 1. The molecule has 0 aromatic carbocycles. The zero-order chi connectivity index (χ0) is 10.8. The van der Waals surface area contributed by atoms with E-state index < -0.39 is 0 Å². The molecule has 0 radical (unpaired) electrons. The summed E-state index contributed by atoms with van der Waals surface area (Å²) in [4.78, 5) is 4.40. The fourth-order valence-corrected chi connectivity index (χ4v) is 1.72. The summed E-state index contributed by atoms with van der Waals surface area (Å²) in [5.74, 6) is 1.41. The molecule has 0 aliphatic rings. The molecule has 0 aliphatic heterocycles. The largest absolute Gasteiger partial charge is 0.321 e. The quantitative estimate of drug-likeness (QED) is 0.832. The van der Waals surface area contributed by atoms with E-state index in [1.54, 1.807) is 0 Å². The van der Waals surface area contributed by atoms with E-state index in [1.807, 2.05) is 30.6 Å². The summed E-state index contributed by atoms with van der Waals surface area (Å²) in [5, 5.41) is 0. The summed E-state index contributed by atoms with van der Waals surface area (Å²) in [6.07, 6.45) is 4.96. The molecule has 15 heavy (non-hydrogen) atoms. The molecule has 2 rings (SSSR count). The SMILES string of the molecule is CCC(C)C(N)c1ncc2ccccn12. The number of nitrogens with zero attached hydrogens (tertiary/aromatic N) is 2. The monoisotopic (exact) mass is 203 g/mol. The van der Waals surface area contributed by atoms with Crippen molar-refractivity contribution >= 4 is 5.52 Å². The Morgan fingerprint density at radius 2 is 2.27 bits per heavy atom. The fourth-order valence-electron chi connectivity index (χ4n) is 1.72. The first-order valence-electron chi connectivity index (χ1n) is 5.41. The van der Waals surface area contributed by atoms with Crippen molar-refractivity contribution in [1.82, 2.24) is 9.38 Å². The Kier molecular flexibility index (Phi) is 2.73. The van der Waals surface area contributed by atoms with E-state index in [2.05, 4.69) is 23.2 Å². The summed E-state index contributed by atoms with van der Waals surface area (Å²) in [6.45, 7) is 4.31. The van der Waals surface area contributed by atoms with E-state index in [9.17, 15) is 0 Å². The Hall–Kier alpha value is -1.35. The first-order valence-corrected chi connectivity index (χ1v) is 5.41. The van der Waals surface area contributed by atoms with Crippen LogP contribution in [0.25, 0.3) is 5.52 Å². The summed E-state index contributed by atoms with van der Waals surface area (Å²) < 4.78 is 2.07. The van der Waals surface area contributed by atoms with Crippen molar-refractivity contribution in [3.8, 4) is 0 Å². The van der Waals surface area contributed by atoms with Crippen LogP contribution in [-0.4, -0.2) is 9.38 Å². The molecule has 2 aromatic heterocycles. The summed E-state index contributed by atoms with van der Waals surface area (Å²) in [6, 6.07) is 6.07. The average Bonchev–Trinajstić information content (AvgIpc) is 2.70. The van der Waals surface area contributed by atoms with Gasteiger partial charge in [0.2, 0.25) is 0 Å². The zero-order valence-electron chi connectivity index (χ0n) is 9.22. The molecule has 0 spiro atoms. The van der Waals surface area contributed by atoms with Crippen molar-refractivity contribution in [1.29, 1.82) is 0 Å². The predicted octanol–water partition coefficient (Wildman–Crippen LogP) is 2.38. The van der Waals surface area contributed by atoms with Gasteiger partial charge in [-0.2, -0.15) is 0 Å². The first kappa shape index (κ1) is 10.2. The second kappa shape index (κ2) is 4.03. The van der Waals surface area contributed by atoms with Crippen molar-refractivity contribution in [2.45, 2.75) is 26.3 Å². The third-order valence-electron chi connectivity index (χ3n) is 3.02. The van der Waals surface area contributed by atoms with E-state index in [0.29, 0.717) is 5.92 Å². The summed E-state index contributed by atoms with van der Waals surface area (Å²) in [5.41, 5.74) is 7.28. The van der Waals surface area contributed by atoms with Crippen LogP contribution in [-0.2, 0) is 0 Å². The maximum Gasteiger partial charge on any atom is 0.130 e. The van der Waals surface area contributed by atoms with Crippen LogP contribution < -0.4 is 5.73 Å². The Morgan fingerprint density at radius 1 is 1.47 bits per heavy atom. The molecule has 0 bridgehead atoms. The second-order valence-electron chi connectivity index (χ2n) is 4.02. The van der Waals surface area contributed by atoms with Gasteiger partial charge in [-0.05, 0) is 18.1 Å². The minimum atomic E-state index is 0.0138. The van der Waals surface area contributed by atoms with Gasteiger partial charge < -0.3 is 10.1 Å². The van der Waals surface area contributed by atoms with Gasteiger partial charge in [0.1, 0.15) is 5.82 Å². The normalized spacial score (nSPS) is 15.4. The van der Waals surface area contributed by atoms with E-state index in [-0.39, 0.29) is 6.04 Å². The molecular formula is C12H17N3. The highest BCUT2D eigenvalue weighted by atomic mass is 15.0. The number of aromatic nitrogens is 2. The number of hydrogen-bond acceptors (Lipinski definition) is 2. The standard InChI is InChI=1S/C12H17N3/c1-3-9(2)11(13)12-14-8-10-6-4-5-7-15(10)12/h4-9,11H,3,13H2,1-2H3. The molecule has 2 unspecified atom stereocenters. The van der Waals surface area contributed by atoms with Gasteiger partial charge >= 0.3 is 0 Å². The van der Waals surface area contributed by atoms with Gasteiger partial charge in [-0.15, -0.1) is 0 Å². The first-order chi connectivity index (χ1) is 7.24. The third-order valence-corrected chi connectivity index (χ3v) is 3.02. The lowest BCUT2D eigenvalue weighted by Crippen LogP contribution is -2.21. The van der Waals surface area contributed by atoms with Gasteiger partial charge in [0.25, 0.3) is 0 Å². The minimum Gasteiger partial charge on any atom is -0.321 e.